The van der Waals surface area contributed by atoms with Crippen molar-refractivity contribution in [1.82, 2.24) is 4.72 Å². The first-order valence-corrected chi connectivity index (χ1v) is 9.06. The third kappa shape index (κ3) is 3.81. The van der Waals surface area contributed by atoms with Gasteiger partial charge in [0.15, 0.2) is 0 Å². The van der Waals surface area contributed by atoms with E-state index < -0.39 is 10.0 Å². The lowest BCUT2D eigenvalue weighted by Gasteiger charge is -2.23. The van der Waals surface area contributed by atoms with Gasteiger partial charge in [-0.1, -0.05) is 15.9 Å². The predicted molar refractivity (Wildman–Crippen MR) is 83.2 cm³/mol. The lowest BCUT2D eigenvalue weighted by molar-refractivity contribution is 0.0981. The molecule has 0 aliphatic carbocycles. The first-order valence-electron chi connectivity index (χ1n) is 6.72. The van der Waals surface area contributed by atoms with E-state index in [4.69, 9.17) is 4.74 Å². The summed E-state index contributed by atoms with van der Waals surface area (Å²) < 4.78 is 33.5. The van der Waals surface area contributed by atoms with Crippen LogP contribution in [0.5, 0.6) is 0 Å². The highest BCUT2D eigenvalue weighted by molar-refractivity contribution is 9.10. The van der Waals surface area contributed by atoms with E-state index in [1.54, 1.807) is 0 Å². The Morgan fingerprint density at radius 3 is 2.35 bits per heavy atom. The highest BCUT2D eigenvalue weighted by Gasteiger charge is 2.27. The van der Waals surface area contributed by atoms with Crippen molar-refractivity contribution < 1.29 is 13.2 Å². The molecule has 1 heterocycles. The van der Waals surface area contributed by atoms with Gasteiger partial charge >= 0.3 is 0 Å². The molecular weight excluding hydrogens is 342 g/mol. The molecule has 0 atom stereocenters. The number of ether oxygens (including phenoxy) is 1. The second-order valence-electron chi connectivity index (χ2n) is 5.20. The Kier molecular flexibility index (Phi) is 5.23. The van der Waals surface area contributed by atoms with Crippen LogP contribution in [-0.4, -0.2) is 26.9 Å². The van der Waals surface area contributed by atoms with Crippen LogP contribution in [0.15, 0.2) is 16.6 Å². The smallest absolute Gasteiger partial charge is 0.214 e. The number of halogens is 1. The third-order valence-corrected chi connectivity index (χ3v) is 6.07. The van der Waals surface area contributed by atoms with Crippen LogP contribution in [-0.2, 0) is 21.3 Å². The Balaban J connectivity index is 2.08. The van der Waals surface area contributed by atoms with Gasteiger partial charge in [0.05, 0.1) is 5.25 Å². The molecule has 1 fully saturated rings. The van der Waals surface area contributed by atoms with Crippen LogP contribution in [0, 0.1) is 13.8 Å². The maximum absolute atomic E-state index is 12.3. The Morgan fingerprint density at radius 1 is 1.25 bits per heavy atom. The third-order valence-electron chi connectivity index (χ3n) is 3.72. The largest absolute Gasteiger partial charge is 0.381 e. The fraction of sp³-hybridized carbons (Fsp3) is 0.571. The van der Waals surface area contributed by atoms with Gasteiger partial charge in [-0.05, 0) is 55.5 Å². The Morgan fingerprint density at radius 2 is 1.80 bits per heavy atom. The van der Waals surface area contributed by atoms with Crippen molar-refractivity contribution in [2.45, 2.75) is 38.5 Å². The molecule has 1 aromatic rings. The van der Waals surface area contributed by atoms with E-state index >= 15 is 0 Å². The molecule has 1 aromatic carbocycles. The lowest BCUT2D eigenvalue weighted by Crippen LogP contribution is -2.37. The van der Waals surface area contributed by atoms with Gasteiger partial charge in [0.1, 0.15) is 0 Å². The van der Waals surface area contributed by atoms with Crippen molar-refractivity contribution in [1.29, 1.82) is 0 Å². The quantitative estimate of drug-likeness (QED) is 0.896. The van der Waals surface area contributed by atoms with E-state index in [2.05, 4.69) is 20.7 Å². The van der Waals surface area contributed by atoms with Gasteiger partial charge in [-0.25, -0.2) is 13.1 Å². The first-order chi connectivity index (χ1) is 9.40. The average Bonchev–Trinajstić information content (AvgIpc) is 2.38. The lowest BCUT2D eigenvalue weighted by atomic mass is 10.0. The summed E-state index contributed by atoms with van der Waals surface area (Å²) in [7, 11) is -3.27. The highest BCUT2D eigenvalue weighted by atomic mass is 79.9. The van der Waals surface area contributed by atoms with Crippen LogP contribution >= 0.6 is 15.9 Å². The zero-order valence-electron chi connectivity index (χ0n) is 11.8. The molecule has 1 aliphatic heterocycles. The fourth-order valence-electron chi connectivity index (χ4n) is 2.50. The number of hydrogen-bond acceptors (Lipinski definition) is 3. The van der Waals surface area contributed by atoms with Crippen LogP contribution in [0.25, 0.3) is 0 Å². The Hall–Kier alpha value is -0.430. The summed E-state index contributed by atoms with van der Waals surface area (Å²) in [5.74, 6) is 0. The zero-order valence-corrected chi connectivity index (χ0v) is 14.2. The van der Waals surface area contributed by atoms with Crippen molar-refractivity contribution in [3.8, 4) is 0 Å². The minimum Gasteiger partial charge on any atom is -0.381 e. The fourth-order valence-corrected chi connectivity index (χ4v) is 4.58. The molecule has 20 heavy (non-hydrogen) atoms. The van der Waals surface area contributed by atoms with E-state index in [9.17, 15) is 8.42 Å². The number of hydrogen-bond donors (Lipinski definition) is 1. The molecule has 1 N–H and O–H groups in total. The molecular formula is C14H20BrNO3S. The molecule has 4 nitrogen and oxygen atoms in total. The molecule has 0 unspecified atom stereocenters. The molecule has 0 aromatic heterocycles. The number of sulfonamides is 1. The number of benzene rings is 1. The topological polar surface area (TPSA) is 55.4 Å². The molecule has 0 bridgehead atoms. The van der Waals surface area contributed by atoms with Crippen LogP contribution in [0.1, 0.15) is 29.5 Å². The van der Waals surface area contributed by atoms with Crippen molar-refractivity contribution in [3.05, 3.63) is 33.3 Å². The summed E-state index contributed by atoms with van der Waals surface area (Å²) in [6.45, 7) is 5.40. The number of aryl methyl sites for hydroxylation is 2. The monoisotopic (exact) mass is 361 g/mol. The molecule has 112 valence electrons. The summed E-state index contributed by atoms with van der Waals surface area (Å²) in [5.41, 5.74) is 3.22. The number of nitrogens with one attached hydrogen (secondary N) is 1. The van der Waals surface area contributed by atoms with Crippen molar-refractivity contribution >= 4 is 26.0 Å². The van der Waals surface area contributed by atoms with E-state index in [0.29, 0.717) is 32.6 Å². The summed E-state index contributed by atoms with van der Waals surface area (Å²) in [6.07, 6.45) is 1.15. The second-order valence-corrected chi connectivity index (χ2v) is 8.16. The van der Waals surface area contributed by atoms with Gasteiger partial charge < -0.3 is 4.74 Å². The second kappa shape index (κ2) is 6.56. The number of rotatable bonds is 4. The summed E-state index contributed by atoms with van der Waals surface area (Å²) in [5, 5.41) is -0.327. The molecule has 6 heteroatoms. The Bertz CT molecular complexity index is 557. The molecule has 2 rings (SSSR count). The molecule has 0 saturated carbocycles. The molecule has 0 spiro atoms. The van der Waals surface area contributed by atoms with E-state index in [0.717, 1.165) is 21.2 Å². The van der Waals surface area contributed by atoms with E-state index in [-0.39, 0.29) is 5.25 Å². The first kappa shape index (κ1) is 15.9. The molecule has 0 amide bonds. The van der Waals surface area contributed by atoms with Crippen molar-refractivity contribution in [2.24, 2.45) is 0 Å². The maximum Gasteiger partial charge on any atom is 0.214 e. The zero-order chi connectivity index (χ0) is 14.8. The van der Waals surface area contributed by atoms with E-state index in [1.807, 2.05) is 26.0 Å². The van der Waals surface area contributed by atoms with E-state index in [1.165, 1.54) is 0 Å². The summed E-state index contributed by atoms with van der Waals surface area (Å²) in [6, 6.07) is 4.01. The van der Waals surface area contributed by atoms with Gasteiger partial charge in [-0.3, -0.25) is 0 Å². The van der Waals surface area contributed by atoms with Crippen molar-refractivity contribution in [3.63, 3.8) is 0 Å². The highest BCUT2D eigenvalue weighted by Crippen LogP contribution is 2.21. The maximum atomic E-state index is 12.3. The van der Waals surface area contributed by atoms with Crippen LogP contribution in [0.3, 0.4) is 0 Å². The molecule has 1 saturated heterocycles. The van der Waals surface area contributed by atoms with Crippen LogP contribution in [0.4, 0.5) is 0 Å². The van der Waals surface area contributed by atoms with Gasteiger partial charge in [0.25, 0.3) is 0 Å². The van der Waals surface area contributed by atoms with Crippen molar-refractivity contribution in [2.75, 3.05) is 13.2 Å². The summed E-state index contributed by atoms with van der Waals surface area (Å²) >= 11 is 3.45. The minimum atomic E-state index is -3.27. The Labute approximate surface area is 129 Å². The SMILES string of the molecule is Cc1cc(Br)cc(C)c1CNS(=O)(=O)C1CCOCC1. The van der Waals surface area contributed by atoms with Gasteiger partial charge in [-0.15, -0.1) is 0 Å². The average molecular weight is 362 g/mol. The predicted octanol–water partition coefficient (Wildman–Crippen LogP) is 2.66. The summed E-state index contributed by atoms with van der Waals surface area (Å²) in [4.78, 5) is 0. The van der Waals surface area contributed by atoms with Gasteiger partial charge in [0.2, 0.25) is 10.0 Å². The molecule has 0 radical (unpaired) electrons. The minimum absolute atomic E-state index is 0.327. The van der Waals surface area contributed by atoms with Crippen LogP contribution < -0.4 is 4.72 Å². The molecule has 1 aliphatic rings. The van der Waals surface area contributed by atoms with Gasteiger partial charge in [0, 0.05) is 24.2 Å². The van der Waals surface area contributed by atoms with Crippen LogP contribution in [0.2, 0.25) is 0 Å². The standard InChI is InChI=1S/C14H20BrNO3S/c1-10-7-12(15)8-11(2)14(10)9-16-20(17,18)13-3-5-19-6-4-13/h7-8,13,16H,3-6,9H2,1-2H3. The normalized spacial score (nSPS) is 17.4. The van der Waals surface area contributed by atoms with Gasteiger partial charge in [-0.2, -0.15) is 0 Å².